The van der Waals surface area contributed by atoms with E-state index in [1.54, 1.807) is 0 Å². The van der Waals surface area contributed by atoms with Crippen LogP contribution in [0.1, 0.15) is 52.2 Å². The van der Waals surface area contributed by atoms with Crippen molar-refractivity contribution in [1.29, 1.82) is 0 Å². The minimum absolute atomic E-state index is 0.242. The molecule has 0 aliphatic carbocycles. The second-order valence-corrected chi connectivity index (χ2v) is 7.60. The minimum atomic E-state index is 0.242. The van der Waals surface area contributed by atoms with Crippen LogP contribution in [0.4, 0.5) is 5.69 Å². The second-order valence-electron chi connectivity index (χ2n) is 7.60. The Morgan fingerprint density at radius 2 is 1.63 bits per heavy atom. The Labute approximate surface area is 119 Å². The van der Waals surface area contributed by atoms with Crippen molar-refractivity contribution in [1.82, 2.24) is 0 Å². The quantitative estimate of drug-likeness (QED) is 0.702. The van der Waals surface area contributed by atoms with E-state index >= 15 is 0 Å². The van der Waals surface area contributed by atoms with Crippen LogP contribution in [0.3, 0.4) is 0 Å². The van der Waals surface area contributed by atoms with Crippen LogP contribution in [0, 0.1) is 18.8 Å². The average Bonchev–Trinajstić information content (AvgIpc) is 2.26. The van der Waals surface area contributed by atoms with Gasteiger partial charge in [-0.2, -0.15) is 0 Å². The third kappa shape index (κ3) is 3.32. The average molecular weight is 259 g/mol. The molecule has 1 aliphatic heterocycles. The van der Waals surface area contributed by atoms with Crippen molar-refractivity contribution in [2.45, 2.75) is 53.4 Å². The summed E-state index contributed by atoms with van der Waals surface area (Å²) in [6.45, 7) is 16.3. The van der Waals surface area contributed by atoms with E-state index in [0.29, 0.717) is 0 Å². The van der Waals surface area contributed by atoms with Crippen LogP contribution in [-0.4, -0.2) is 13.1 Å². The zero-order valence-electron chi connectivity index (χ0n) is 13.5. The van der Waals surface area contributed by atoms with Gasteiger partial charge in [0.05, 0.1) is 0 Å². The van der Waals surface area contributed by atoms with Crippen LogP contribution in [0.5, 0.6) is 0 Å². The molecule has 0 bridgehead atoms. The molecule has 1 heteroatoms. The van der Waals surface area contributed by atoms with Crippen molar-refractivity contribution in [3.63, 3.8) is 0 Å². The molecule has 106 valence electrons. The van der Waals surface area contributed by atoms with E-state index < -0.39 is 0 Å². The molecule has 0 amide bonds. The standard InChI is InChI=1S/C18H29N/c1-13-9-14(2)12-19(11-13)17-8-7-16(10-15(17)3)18(4,5)6/h7-8,10,13-14H,9,11-12H2,1-6H3. The zero-order chi connectivity index (χ0) is 14.2. The highest BCUT2D eigenvalue weighted by Crippen LogP contribution is 2.31. The molecule has 0 spiro atoms. The Kier molecular flexibility index (Phi) is 3.94. The van der Waals surface area contributed by atoms with Gasteiger partial charge in [0.1, 0.15) is 0 Å². The topological polar surface area (TPSA) is 3.24 Å². The first-order valence-corrected chi connectivity index (χ1v) is 7.63. The van der Waals surface area contributed by atoms with Gasteiger partial charge in [-0.15, -0.1) is 0 Å². The Hall–Kier alpha value is -0.980. The number of hydrogen-bond acceptors (Lipinski definition) is 1. The molecule has 1 aromatic rings. The van der Waals surface area contributed by atoms with Crippen LogP contribution in [0.25, 0.3) is 0 Å². The number of aryl methyl sites for hydroxylation is 1. The summed E-state index contributed by atoms with van der Waals surface area (Å²) in [5.74, 6) is 1.62. The van der Waals surface area contributed by atoms with Crippen LogP contribution >= 0.6 is 0 Å². The highest BCUT2D eigenvalue weighted by atomic mass is 15.1. The van der Waals surface area contributed by atoms with Gasteiger partial charge in [0.15, 0.2) is 0 Å². The van der Waals surface area contributed by atoms with Crippen LogP contribution in [0.2, 0.25) is 0 Å². The molecular weight excluding hydrogens is 230 g/mol. The Balaban J connectivity index is 2.26. The van der Waals surface area contributed by atoms with Crippen LogP contribution in [0.15, 0.2) is 18.2 Å². The first kappa shape index (κ1) is 14.4. The molecule has 1 saturated heterocycles. The molecule has 19 heavy (non-hydrogen) atoms. The van der Waals surface area contributed by atoms with Crippen molar-refractivity contribution in [3.8, 4) is 0 Å². The van der Waals surface area contributed by atoms with Crippen molar-refractivity contribution in [2.24, 2.45) is 11.8 Å². The molecule has 2 rings (SSSR count). The first-order chi connectivity index (χ1) is 8.77. The van der Waals surface area contributed by atoms with E-state index in [9.17, 15) is 0 Å². The fraction of sp³-hybridized carbons (Fsp3) is 0.667. The fourth-order valence-corrected chi connectivity index (χ4v) is 3.34. The summed E-state index contributed by atoms with van der Waals surface area (Å²) in [6.07, 6.45) is 1.37. The zero-order valence-corrected chi connectivity index (χ0v) is 13.5. The number of rotatable bonds is 1. The van der Waals surface area contributed by atoms with Crippen molar-refractivity contribution in [2.75, 3.05) is 18.0 Å². The van der Waals surface area contributed by atoms with E-state index in [4.69, 9.17) is 0 Å². The van der Waals surface area contributed by atoms with E-state index in [1.165, 1.54) is 36.3 Å². The van der Waals surface area contributed by atoms with E-state index in [-0.39, 0.29) is 5.41 Å². The van der Waals surface area contributed by atoms with Gasteiger partial charge in [0.25, 0.3) is 0 Å². The lowest BCUT2D eigenvalue weighted by molar-refractivity contribution is 0.356. The van der Waals surface area contributed by atoms with Gasteiger partial charge < -0.3 is 4.90 Å². The molecule has 0 N–H and O–H groups in total. The smallest absolute Gasteiger partial charge is 0.0396 e. The van der Waals surface area contributed by atoms with Crippen LogP contribution in [-0.2, 0) is 5.41 Å². The molecule has 0 saturated carbocycles. The Bertz CT molecular complexity index is 431. The summed E-state index contributed by atoms with van der Waals surface area (Å²) < 4.78 is 0. The highest BCUT2D eigenvalue weighted by molar-refractivity contribution is 5.55. The summed E-state index contributed by atoms with van der Waals surface area (Å²) in [4.78, 5) is 2.58. The van der Waals surface area contributed by atoms with Gasteiger partial charge in [-0.25, -0.2) is 0 Å². The molecule has 1 aromatic carbocycles. The van der Waals surface area contributed by atoms with Crippen molar-refractivity contribution < 1.29 is 0 Å². The van der Waals surface area contributed by atoms with Gasteiger partial charge in [-0.3, -0.25) is 0 Å². The normalized spacial score (nSPS) is 24.6. The summed E-state index contributed by atoms with van der Waals surface area (Å²) in [5.41, 5.74) is 4.54. The molecule has 1 fully saturated rings. The molecule has 2 unspecified atom stereocenters. The predicted molar refractivity (Wildman–Crippen MR) is 85.0 cm³/mol. The molecule has 2 atom stereocenters. The first-order valence-electron chi connectivity index (χ1n) is 7.63. The number of hydrogen-bond donors (Lipinski definition) is 0. The lowest BCUT2D eigenvalue weighted by Crippen LogP contribution is -2.39. The van der Waals surface area contributed by atoms with E-state index in [0.717, 1.165) is 11.8 Å². The molecule has 1 nitrogen and oxygen atoms in total. The van der Waals surface area contributed by atoms with Gasteiger partial charge in [-0.1, -0.05) is 46.8 Å². The third-order valence-corrected chi connectivity index (χ3v) is 4.27. The summed E-state index contributed by atoms with van der Waals surface area (Å²) in [7, 11) is 0. The second kappa shape index (κ2) is 5.19. The van der Waals surface area contributed by atoms with Crippen LogP contribution < -0.4 is 4.90 Å². The number of anilines is 1. The maximum absolute atomic E-state index is 2.58. The van der Waals surface area contributed by atoms with Gasteiger partial charge in [-0.05, 0) is 47.8 Å². The predicted octanol–water partition coefficient (Wildman–Crippen LogP) is 4.77. The van der Waals surface area contributed by atoms with Gasteiger partial charge in [0, 0.05) is 18.8 Å². The van der Waals surface area contributed by atoms with E-state index in [2.05, 4.69) is 64.6 Å². The number of nitrogens with zero attached hydrogens (tertiary/aromatic N) is 1. The van der Waals surface area contributed by atoms with Crippen molar-refractivity contribution in [3.05, 3.63) is 29.3 Å². The third-order valence-electron chi connectivity index (χ3n) is 4.27. The fourth-order valence-electron chi connectivity index (χ4n) is 3.34. The lowest BCUT2D eigenvalue weighted by atomic mass is 9.85. The molecule has 1 aliphatic rings. The van der Waals surface area contributed by atoms with Crippen molar-refractivity contribution >= 4 is 5.69 Å². The number of benzene rings is 1. The van der Waals surface area contributed by atoms with E-state index in [1.807, 2.05) is 0 Å². The largest absolute Gasteiger partial charge is 0.371 e. The monoisotopic (exact) mass is 259 g/mol. The summed E-state index contributed by atoms with van der Waals surface area (Å²) in [6, 6.07) is 7.02. The van der Waals surface area contributed by atoms with Gasteiger partial charge in [0.2, 0.25) is 0 Å². The molecule has 1 heterocycles. The molecule has 0 aromatic heterocycles. The maximum Gasteiger partial charge on any atom is 0.0396 e. The molecular formula is C18H29N. The Morgan fingerprint density at radius 3 is 2.11 bits per heavy atom. The SMILES string of the molecule is Cc1cc(C(C)(C)C)ccc1N1CC(C)CC(C)C1. The minimum Gasteiger partial charge on any atom is -0.371 e. The maximum atomic E-state index is 2.58. The van der Waals surface area contributed by atoms with Gasteiger partial charge >= 0.3 is 0 Å². The summed E-state index contributed by atoms with van der Waals surface area (Å²) >= 11 is 0. The summed E-state index contributed by atoms with van der Waals surface area (Å²) in [5, 5.41) is 0. The lowest BCUT2D eigenvalue weighted by Gasteiger charge is -2.37. The Morgan fingerprint density at radius 1 is 1.05 bits per heavy atom. The molecule has 0 radical (unpaired) electrons. The highest BCUT2D eigenvalue weighted by Gasteiger charge is 2.23. The number of piperidine rings is 1.